The number of hydrogen-bond donors (Lipinski definition) is 2. The zero-order valence-electron chi connectivity index (χ0n) is 22.8. The van der Waals surface area contributed by atoms with E-state index in [2.05, 4.69) is 42.7 Å². The molecule has 0 bridgehead atoms. The maximum absolute atomic E-state index is 13.0. The van der Waals surface area contributed by atoms with E-state index < -0.39 is 24.3 Å². The standard InChI is InChI=1S/C21H34N2O2S.2C2HF3O2/c1-5-25-20(24)21-9-6-10-22(14-19-8-7-17(4)26-19)12-18(21)13-23(15-21)11-16(2)3;2*3-2(4,5)1(6)7/h7-8,16,18H,5-6,9-15H2,1-4H3;2*(H,6,7)/t18-,21-;;/m0../s1. The van der Waals surface area contributed by atoms with Crippen molar-refractivity contribution in [2.45, 2.75) is 59.4 Å². The van der Waals surface area contributed by atoms with E-state index in [0.29, 0.717) is 18.4 Å². The lowest BCUT2D eigenvalue weighted by molar-refractivity contribution is -0.193. The molecule has 0 aliphatic carbocycles. The minimum absolute atomic E-state index is 0.0464. The maximum Gasteiger partial charge on any atom is 0.490 e. The fourth-order valence-electron chi connectivity index (χ4n) is 4.81. The Kier molecular flexibility index (Phi) is 13.4. The number of carbonyl (C=O) groups is 3. The first-order chi connectivity index (χ1) is 18.3. The van der Waals surface area contributed by atoms with Crippen LogP contribution in [0.3, 0.4) is 0 Å². The molecule has 1 aromatic rings. The van der Waals surface area contributed by atoms with E-state index in [0.717, 1.165) is 52.1 Å². The Labute approximate surface area is 232 Å². The Morgan fingerprint density at radius 3 is 2.00 bits per heavy atom. The second-order valence-electron chi connectivity index (χ2n) is 10.1. The van der Waals surface area contributed by atoms with Gasteiger partial charge in [0.15, 0.2) is 0 Å². The third kappa shape index (κ3) is 11.2. The van der Waals surface area contributed by atoms with Crippen LogP contribution in [-0.4, -0.2) is 89.6 Å². The number of aryl methyl sites for hydroxylation is 1. The molecule has 0 saturated carbocycles. The van der Waals surface area contributed by atoms with Crippen LogP contribution in [0.15, 0.2) is 12.1 Å². The minimum Gasteiger partial charge on any atom is -0.475 e. The topological polar surface area (TPSA) is 107 Å². The predicted octanol–water partition coefficient (Wildman–Crippen LogP) is 5.06. The Morgan fingerprint density at radius 2 is 1.57 bits per heavy atom. The molecule has 2 aliphatic heterocycles. The van der Waals surface area contributed by atoms with E-state index in [1.54, 1.807) is 0 Å². The number of thiophene rings is 1. The maximum atomic E-state index is 13.0. The highest BCUT2D eigenvalue weighted by Crippen LogP contribution is 2.44. The molecule has 8 nitrogen and oxygen atoms in total. The van der Waals surface area contributed by atoms with Crippen LogP contribution < -0.4 is 0 Å². The molecule has 0 unspecified atom stereocenters. The SMILES string of the molecule is CCOC(=O)[C@]12CCCN(Cc3ccc(C)s3)C[C@H]1CN(CC(C)C)C2.O=C(O)C(F)(F)F.O=C(O)C(F)(F)F. The Bertz CT molecular complexity index is 960. The highest BCUT2D eigenvalue weighted by molar-refractivity contribution is 7.11. The fraction of sp³-hybridized carbons (Fsp3) is 0.720. The van der Waals surface area contributed by atoms with Crippen LogP contribution in [0.4, 0.5) is 26.3 Å². The summed E-state index contributed by atoms with van der Waals surface area (Å²) in [6.45, 7) is 15.2. The molecule has 2 saturated heterocycles. The summed E-state index contributed by atoms with van der Waals surface area (Å²) in [5.74, 6) is -4.46. The molecule has 2 fully saturated rings. The molecule has 2 aliphatic rings. The van der Waals surface area contributed by atoms with Gasteiger partial charge in [0.05, 0.1) is 12.0 Å². The summed E-state index contributed by atoms with van der Waals surface area (Å²) in [5, 5.41) is 14.2. The largest absolute Gasteiger partial charge is 0.490 e. The lowest BCUT2D eigenvalue weighted by atomic mass is 9.75. The normalized spacial score (nSPS) is 21.8. The number of aliphatic carboxylic acids is 2. The second-order valence-corrected chi connectivity index (χ2v) is 11.5. The first kappa shape index (κ1) is 35.6. The van der Waals surface area contributed by atoms with Crippen molar-refractivity contribution in [2.24, 2.45) is 17.3 Å². The van der Waals surface area contributed by atoms with Gasteiger partial charge in [0, 0.05) is 48.4 Å². The number of carboxylic acid groups (broad SMARTS) is 2. The number of esters is 1. The number of nitrogens with zero attached hydrogens (tertiary/aromatic N) is 2. The van der Waals surface area contributed by atoms with Gasteiger partial charge in [0.2, 0.25) is 0 Å². The highest BCUT2D eigenvalue weighted by atomic mass is 32.1. The van der Waals surface area contributed by atoms with Crippen LogP contribution in [0.2, 0.25) is 0 Å². The second kappa shape index (κ2) is 15.0. The zero-order valence-corrected chi connectivity index (χ0v) is 23.6. The van der Waals surface area contributed by atoms with Gasteiger partial charge in [-0.1, -0.05) is 13.8 Å². The van der Waals surface area contributed by atoms with Gasteiger partial charge in [-0.3, -0.25) is 9.69 Å². The molecule has 0 amide bonds. The average molecular weight is 607 g/mol. The van der Waals surface area contributed by atoms with Gasteiger partial charge in [0.25, 0.3) is 0 Å². The monoisotopic (exact) mass is 606 g/mol. The Hall–Kier alpha value is -2.39. The lowest BCUT2D eigenvalue weighted by Crippen LogP contribution is -2.42. The Morgan fingerprint density at radius 1 is 1.05 bits per heavy atom. The summed E-state index contributed by atoms with van der Waals surface area (Å²) in [6, 6.07) is 4.46. The Balaban J connectivity index is 0.000000473. The van der Waals surface area contributed by atoms with Gasteiger partial charge in [0.1, 0.15) is 0 Å². The van der Waals surface area contributed by atoms with E-state index in [9.17, 15) is 31.1 Å². The van der Waals surface area contributed by atoms with Crippen molar-refractivity contribution in [3.63, 3.8) is 0 Å². The average Bonchev–Trinajstić information content (AvgIpc) is 3.31. The summed E-state index contributed by atoms with van der Waals surface area (Å²) >= 11 is 1.89. The first-order valence-corrected chi connectivity index (χ1v) is 13.4. The van der Waals surface area contributed by atoms with Gasteiger partial charge < -0.3 is 19.8 Å². The molecule has 230 valence electrons. The van der Waals surface area contributed by atoms with Crippen molar-refractivity contribution < 1.29 is 55.7 Å². The highest BCUT2D eigenvalue weighted by Gasteiger charge is 2.54. The molecular weight excluding hydrogens is 570 g/mol. The molecule has 0 aromatic carbocycles. The van der Waals surface area contributed by atoms with Gasteiger partial charge >= 0.3 is 30.3 Å². The van der Waals surface area contributed by atoms with Crippen molar-refractivity contribution in [1.82, 2.24) is 9.80 Å². The number of hydrogen-bond acceptors (Lipinski definition) is 7. The van der Waals surface area contributed by atoms with Gasteiger partial charge in [-0.2, -0.15) is 26.3 Å². The third-order valence-corrected chi connectivity index (χ3v) is 7.29. The molecule has 3 rings (SSSR count). The molecule has 40 heavy (non-hydrogen) atoms. The van der Waals surface area contributed by atoms with Gasteiger partial charge in [-0.05, 0) is 51.3 Å². The molecular formula is C25H36F6N2O6S. The number of alkyl halides is 6. The molecule has 0 spiro atoms. The number of carboxylic acids is 2. The van der Waals surface area contributed by atoms with Crippen molar-refractivity contribution in [3.8, 4) is 0 Å². The number of halogens is 6. The van der Waals surface area contributed by atoms with Crippen molar-refractivity contribution in [3.05, 3.63) is 21.9 Å². The van der Waals surface area contributed by atoms with Crippen LogP contribution in [0, 0.1) is 24.2 Å². The first-order valence-electron chi connectivity index (χ1n) is 12.6. The minimum atomic E-state index is -5.08. The molecule has 2 atom stereocenters. The van der Waals surface area contributed by atoms with Crippen LogP contribution >= 0.6 is 11.3 Å². The summed E-state index contributed by atoms with van der Waals surface area (Å²) in [7, 11) is 0. The van der Waals surface area contributed by atoms with E-state index in [1.807, 2.05) is 18.3 Å². The number of carbonyl (C=O) groups excluding carboxylic acids is 1. The summed E-state index contributed by atoms with van der Waals surface area (Å²) in [5.41, 5.74) is -0.301. The van der Waals surface area contributed by atoms with E-state index >= 15 is 0 Å². The summed E-state index contributed by atoms with van der Waals surface area (Å²) in [4.78, 5) is 38.7. The zero-order chi connectivity index (χ0) is 30.9. The smallest absolute Gasteiger partial charge is 0.475 e. The number of likely N-dealkylation sites (tertiary alicyclic amines) is 2. The molecule has 1 aromatic heterocycles. The van der Waals surface area contributed by atoms with Crippen molar-refractivity contribution in [1.29, 1.82) is 0 Å². The third-order valence-electron chi connectivity index (χ3n) is 6.31. The van der Waals surface area contributed by atoms with E-state index in [1.165, 1.54) is 9.75 Å². The number of fused-ring (bicyclic) bond motifs is 1. The predicted molar refractivity (Wildman–Crippen MR) is 135 cm³/mol. The van der Waals surface area contributed by atoms with E-state index in [4.69, 9.17) is 24.5 Å². The van der Waals surface area contributed by atoms with Gasteiger partial charge in [-0.15, -0.1) is 11.3 Å². The van der Waals surface area contributed by atoms with Crippen molar-refractivity contribution in [2.75, 3.05) is 39.3 Å². The summed E-state index contributed by atoms with van der Waals surface area (Å²) in [6.07, 6.45) is -8.12. The van der Waals surface area contributed by atoms with Gasteiger partial charge in [-0.25, -0.2) is 9.59 Å². The van der Waals surface area contributed by atoms with Crippen LogP contribution in [0.5, 0.6) is 0 Å². The molecule has 2 N–H and O–H groups in total. The molecule has 0 radical (unpaired) electrons. The number of rotatable bonds is 6. The van der Waals surface area contributed by atoms with Crippen LogP contribution in [0.1, 0.15) is 43.4 Å². The quantitative estimate of drug-likeness (QED) is 0.342. The number of ether oxygens (including phenoxy) is 1. The molecule has 15 heteroatoms. The van der Waals surface area contributed by atoms with E-state index in [-0.39, 0.29) is 11.4 Å². The molecule has 3 heterocycles. The lowest BCUT2D eigenvalue weighted by Gasteiger charge is -2.31. The van der Waals surface area contributed by atoms with Crippen LogP contribution in [-0.2, 0) is 25.7 Å². The fourth-order valence-corrected chi connectivity index (χ4v) is 5.75. The van der Waals surface area contributed by atoms with Crippen LogP contribution in [0.25, 0.3) is 0 Å². The van der Waals surface area contributed by atoms with Crippen molar-refractivity contribution >= 4 is 29.2 Å². The summed E-state index contributed by atoms with van der Waals surface area (Å²) < 4.78 is 69.0.